The van der Waals surface area contributed by atoms with E-state index in [1.54, 1.807) is 12.3 Å². The van der Waals surface area contributed by atoms with E-state index >= 15 is 0 Å². The molecule has 0 fully saturated rings. The van der Waals surface area contributed by atoms with Gasteiger partial charge in [0.2, 0.25) is 0 Å². The molecule has 0 aliphatic rings. The van der Waals surface area contributed by atoms with Crippen LogP contribution in [-0.2, 0) is 4.74 Å². The Morgan fingerprint density at radius 2 is 2.06 bits per heavy atom. The molecule has 0 N–H and O–H groups in total. The molecule has 0 amide bonds. The second kappa shape index (κ2) is 4.52. The van der Waals surface area contributed by atoms with Crippen molar-refractivity contribution in [1.82, 2.24) is 4.57 Å². The Balaban J connectivity index is 2.46. The molecule has 0 aliphatic heterocycles. The van der Waals surface area contributed by atoms with E-state index in [2.05, 4.69) is 12.6 Å². The van der Waals surface area contributed by atoms with Crippen molar-refractivity contribution in [1.29, 1.82) is 0 Å². The third-order valence-electron chi connectivity index (χ3n) is 2.35. The van der Waals surface area contributed by atoms with Gasteiger partial charge in [-0.25, -0.2) is 4.79 Å². The van der Waals surface area contributed by atoms with Crippen LogP contribution in [0.1, 0.15) is 20.8 Å². The Kier molecular flexibility index (Phi) is 3.34. The van der Waals surface area contributed by atoms with E-state index in [-0.39, 0.29) is 0 Å². The summed E-state index contributed by atoms with van der Waals surface area (Å²) in [6, 6.07) is 5.36. The van der Waals surface area contributed by atoms with Gasteiger partial charge in [-0.3, -0.25) is 4.57 Å². The molecule has 1 aromatic carbocycles. The van der Waals surface area contributed by atoms with Gasteiger partial charge in [0.1, 0.15) is 5.60 Å². The fourth-order valence-corrected chi connectivity index (χ4v) is 1.98. The molecule has 0 radical (unpaired) electrons. The van der Waals surface area contributed by atoms with Crippen LogP contribution in [0.3, 0.4) is 0 Å². The summed E-state index contributed by atoms with van der Waals surface area (Å²) in [6.07, 6.45) is 1.25. The Morgan fingerprint density at radius 3 is 2.67 bits per heavy atom. The van der Waals surface area contributed by atoms with E-state index in [0.29, 0.717) is 15.4 Å². The fraction of sp³-hybridized carbons (Fsp3) is 0.308. The van der Waals surface area contributed by atoms with E-state index < -0.39 is 11.7 Å². The number of carbonyl (C=O) groups is 1. The van der Waals surface area contributed by atoms with Gasteiger partial charge in [-0.15, -0.1) is 12.6 Å². The van der Waals surface area contributed by atoms with Crippen LogP contribution >= 0.6 is 24.2 Å². The minimum atomic E-state index is -0.527. The lowest BCUT2D eigenvalue weighted by molar-refractivity contribution is 0.0544. The zero-order chi connectivity index (χ0) is 13.5. The summed E-state index contributed by atoms with van der Waals surface area (Å²) in [5.74, 6) is 0. The zero-order valence-corrected chi connectivity index (χ0v) is 12.0. The minimum Gasteiger partial charge on any atom is -0.443 e. The Hall–Kier alpha value is -1.13. The van der Waals surface area contributed by atoms with Crippen LogP contribution in [0, 0.1) is 0 Å². The Labute approximate surface area is 116 Å². The number of thiol groups is 1. The molecule has 0 saturated heterocycles. The molecule has 0 saturated carbocycles. The maximum atomic E-state index is 12.0. The van der Waals surface area contributed by atoms with Crippen molar-refractivity contribution in [2.75, 3.05) is 0 Å². The lowest BCUT2D eigenvalue weighted by atomic mass is 10.2. The summed E-state index contributed by atoms with van der Waals surface area (Å²) >= 11 is 10.3. The number of benzene rings is 1. The lowest BCUT2D eigenvalue weighted by Crippen LogP contribution is -2.26. The van der Waals surface area contributed by atoms with E-state index in [4.69, 9.17) is 16.3 Å². The predicted molar refractivity (Wildman–Crippen MR) is 75.8 cm³/mol. The number of nitrogens with zero attached hydrogens (tertiary/aromatic N) is 1. The number of hydrogen-bond acceptors (Lipinski definition) is 3. The average Bonchev–Trinajstić information content (AvgIpc) is 2.59. The van der Waals surface area contributed by atoms with Gasteiger partial charge in [-0.05, 0) is 39.0 Å². The third kappa shape index (κ3) is 2.65. The van der Waals surface area contributed by atoms with Gasteiger partial charge in [0, 0.05) is 16.5 Å². The van der Waals surface area contributed by atoms with Crippen LogP contribution in [0.4, 0.5) is 4.79 Å². The third-order valence-corrected chi connectivity index (χ3v) is 3.16. The zero-order valence-electron chi connectivity index (χ0n) is 10.4. The molecular formula is C13H14ClNO2S. The van der Waals surface area contributed by atoms with Gasteiger partial charge < -0.3 is 4.74 Å². The molecule has 18 heavy (non-hydrogen) atoms. The largest absolute Gasteiger partial charge is 0.443 e. The Morgan fingerprint density at radius 1 is 1.39 bits per heavy atom. The Bertz CT molecular complexity index is 613. The molecule has 2 rings (SSSR count). The van der Waals surface area contributed by atoms with Crippen molar-refractivity contribution >= 4 is 41.2 Å². The van der Waals surface area contributed by atoms with Crippen molar-refractivity contribution in [3.63, 3.8) is 0 Å². The monoisotopic (exact) mass is 283 g/mol. The molecule has 5 heteroatoms. The summed E-state index contributed by atoms with van der Waals surface area (Å²) in [4.78, 5) is 12.7. The first kappa shape index (κ1) is 13.3. The first-order chi connectivity index (χ1) is 8.28. The highest BCUT2D eigenvalue weighted by molar-refractivity contribution is 7.80. The van der Waals surface area contributed by atoms with Crippen LogP contribution in [0.5, 0.6) is 0 Å². The average molecular weight is 284 g/mol. The highest BCUT2D eigenvalue weighted by atomic mass is 35.5. The topological polar surface area (TPSA) is 31.2 Å². The summed E-state index contributed by atoms with van der Waals surface area (Å²) in [6.45, 7) is 5.49. The van der Waals surface area contributed by atoms with Crippen molar-refractivity contribution in [3.05, 3.63) is 29.4 Å². The first-order valence-corrected chi connectivity index (χ1v) is 6.33. The number of carbonyl (C=O) groups excluding carboxylic acids is 1. The smallest absolute Gasteiger partial charge is 0.418 e. The maximum absolute atomic E-state index is 12.0. The van der Waals surface area contributed by atoms with E-state index in [1.807, 2.05) is 32.9 Å². The van der Waals surface area contributed by atoms with Crippen molar-refractivity contribution in [3.8, 4) is 0 Å². The summed E-state index contributed by atoms with van der Waals surface area (Å²) in [5.41, 5.74) is 0.188. The van der Waals surface area contributed by atoms with Gasteiger partial charge >= 0.3 is 6.09 Å². The number of hydrogen-bond donors (Lipinski definition) is 1. The standard InChI is InChI=1S/C13H14ClNO2S/c1-13(2,3)17-12(16)15-5-4-8-6-11(18)9(14)7-10(8)15/h4-7,18H,1-3H3. The molecule has 0 spiro atoms. The van der Waals surface area contributed by atoms with Gasteiger partial charge in [-0.1, -0.05) is 11.6 Å². The van der Waals surface area contributed by atoms with Gasteiger partial charge in [0.25, 0.3) is 0 Å². The van der Waals surface area contributed by atoms with E-state index in [1.165, 1.54) is 4.57 Å². The first-order valence-electron chi connectivity index (χ1n) is 5.51. The van der Waals surface area contributed by atoms with Crippen molar-refractivity contribution in [2.24, 2.45) is 0 Å². The van der Waals surface area contributed by atoms with Gasteiger partial charge in [0.05, 0.1) is 10.5 Å². The summed E-state index contributed by atoms with van der Waals surface area (Å²) in [5, 5.41) is 1.41. The van der Waals surface area contributed by atoms with Crippen molar-refractivity contribution < 1.29 is 9.53 Å². The highest BCUT2D eigenvalue weighted by Gasteiger charge is 2.19. The second-order valence-electron chi connectivity index (χ2n) is 5.03. The number of ether oxygens (including phenoxy) is 1. The molecule has 0 bridgehead atoms. The summed E-state index contributed by atoms with van der Waals surface area (Å²) < 4.78 is 6.77. The van der Waals surface area contributed by atoms with E-state index in [0.717, 1.165) is 5.39 Å². The lowest BCUT2D eigenvalue weighted by Gasteiger charge is -2.19. The molecule has 1 heterocycles. The minimum absolute atomic E-state index is 0.416. The molecule has 1 aromatic heterocycles. The van der Waals surface area contributed by atoms with Gasteiger partial charge in [-0.2, -0.15) is 0 Å². The van der Waals surface area contributed by atoms with Crippen LogP contribution < -0.4 is 0 Å². The SMILES string of the molecule is CC(C)(C)OC(=O)n1ccc2cc(S)c(Cl)cc21. The maximum Gasteiger partial charge on any atom is 0.418 e. The molecule has 3 nitrogen and oxygen atoms in total. The number of fused-ring (bicyclic) bond motifs is 1. The van der Waals surface area contributed by atoms with Crippen LogP contribution in [0.15, 0.2) is 29.3 Å². The normalized spacial score (nSPS) is 11.8. The van der Waals surface area contributed by atoms with E-state index in [9.17, 15) is 4.79 Å². The van der Waals surface area contributed by atoms with Crippen molar-refractivity contribution in [2.45, 2.75) is 31.3 Å². The summed E-state index contributed by atoms with van der Waals surface area (Å²) in [7, 11) is 0. The number of aromatic nitrogens is 1. The van der Waals surface area contributed by atoms with Crippen LogP contribution in [-0.4, -0.2) is 16.3 Å². The van der Waals surface area contributed by atoms with Gasteiger partial charge in [0.15, 0.2) is 0 Å². The number of rotatable bonds is 0. The molecular weight excluding hydrogens is 270 g/mol. The highest BCUT2D eigenvalue weighted by Crippen LogP contribution is 2.27. The second-order valence-corrected chi connectivity index (χ2v) is 5.92. The molecule has 0 atom stereocenters. The quantitative estimate of drug-likeness (QED) is 0.728. The molecule has 0 aliphatic carbocycles. The molecule has 2 aromatic rings. The molecule has 96 valence electrons. The van der Waals surface area contributed by atoms with Crippen LogP contribution in [0.2, 0.25) is 5.02 Å². The molecule has 0 unspecified atom stereocenters. The number of halogens is 1. The van der Waals surface area contributed by atoms with Crippen LogP contribution in [0.25, 0.3) is 10.9 Å². The predicted octanol–water partition coefficient (Wildman–Crippen LogP) is 4.37. The fourth-order valence-electron chi connectivity index (χ4n) is 1.62.